The van der Waals surface area contributed by atoms with E-state index in [0.29, 0.717) is 23.7 Å². The van der Waals surface area contributed by atoms with E-state index in [0.717, 1.165) is 23.7 Å². The van der Waals surface area contributed by atoms with Crippen molar-refractivity contribution in [1.82, 2.24) is 0 Å². The van der Waals surface area contributed by atoms with Crippen LogP contribution in [-0.2, 0) is 9.47 Å². The van der Waals surface area contributed by atoms with E-state index in [9.17, 15) is 4.79 Å². The van der Waals surface area contributed by atoms with Crippen molar-refractivity contribution in [2.45, 2.75) is 38.9 Å². The Morgan fingerprint density at radius 2 is 1.84 bits per heavy atom. The SMILES string of the molecule is CCCCCCOc1ccc(C(=O)c2ccc(C3OCCO3)s2)cc1. The van der Waals surface area contributed by atoms with Crippen molar-refractivity contribution in [3.8, 4) is 5.75 Å². The molecule has 1 aromatic heterocycles. The fourth-order valence-corrected chi connectivity index (χ4v) is 3.66. The van der Waals surface area contributed by atoms with Crippen LogP contribution in [0.25, 0.3) is 0 Å². The van der Waals surface area contributed by atoms with E-state index >= 15 is 0 Å². The quantitative estimate of drug-likeness (QED) is 0.467. The van der Waals surface area contributed by atoms with Crippen LogP contribution >= 0.6 is 11.3 Å². The van der Waals surface area contributed by atoms with Gasteiger partial charge in [0.15, 0.2) is 6.29 Å². The number of benzene rings is 1. The van der Waals surface area contributed by atoms with Crippen LogP contribution in [0, 0.1) is 0 Å². The van der Waals surface area contributed by atoms with Gasteiger partial charge in [0.2, 0.25) is 5.78 Å². The van der Waals surface area contributed by atoms with Crippen LogP contribution in [0.15, 0.2) is 36.4 Å². The summed E-state index contributed by atoms with van der Waals surface area (Å²) in [5.41, 5.74) is 0.667. The molecule has 1 aliphatic rings. The van der Waals surface area contributed by atoms with Gasteiger partial charge in [-0.1, -0.05) is 26.2 Å². The maximum absolute atomic E-state index is 12.6. The maximum atomic E-state index is 12.6. The van der Waals surface area contributed by atoms with Gasteiger partial charge in [-0.05, 0) is 42.8 Å². The first kappa shape index (κ1) is 18.1. The second kappa shape index (κ2) is 9.13. The van der Waals surface area contributed by atoms with Gasteiger partial charge >= 0.3 is 0 Å². The molecule has 25 heavy (non-hydrogen) atoms. The summed E-state index contributed by atoms with van der Waals surface area (Å²) in [4.78, 5) is 14.2. The molecule has 0 bridgehead atoms. The second-order valence-corrected chi connectivity index (χ2v) is 7.15. The molecule has 1 fully saturated rings. The minimum Gasteiger partial charge on any atom is -0.494 e. The van der Waals surface area contributed by atoms with Crippen molar-refractivity contribution in [2.24, 2.45) is 0 Å². The van der Waals surface area contributed by atoms with Crippen molar-refractivity contribution in [3.05, 3.63) is 51.7 Å². The molecule has 0 saturated carbocycles. The number of hydrogen-bond acceptors (Lipinski definition) is 5. The average Bonchev–Trinajstić information content (AvgIpc) is 3.33. The molecule has 1 aliphatic heterocycles. The van der Waals surface area contributed by atoms with E-state index in [-0.39, 0.29) is 12.1 Å². The minimum absolute atomic E-state index is 0.0174. The summed E-state index contributed by atoms with van der Waals surface area (Å²) >= 11 is 1.43. The number of thiophene rings is 1. The van der Waals surface area contributed by atoms with Gasteiger partial charge in [-0.25, -0.2) is 0 Å². The third-order valence-corrected chi connectivity index (χ3v) is 5.19. The molecule has 0 atom stereocenters. The normalized spacial score (nSPS) is 14.8. The lowest BCUT2D eigenvalue weighted by atomic mass is 10.1. The molecule has 3 rings (SSSR count). The number of ether oxygens (including phenoxy) is 3. The number of rotatable bonds is 9. The first-order valence-corrected chi connectivity index (χ1v) is 9.70. The molecule has 2 heterocycles. The smallest absolute Gasteiger partial charge is 0.202 e. The minimum atomic E-state index is -0.324. The molecule has 1 saturated heterocycles. The Kier molecular flexibility index (Phi) is 6.62. The Morgan fingerprint density at radius 3 is 2.56 bits per heavy atom. The van der Waals surface area contributed by atoms with Crippen LogP contribution in [0.5, 0.6) is 5.75 Å². The van der Waals surface area contributed by atoms with E-state index in [1.807, 2.05) is 36.4 Å². The Labute approximate surface area is 152 Å². The number of unbranched alkanes of at least 4 members (excludes halogenated alkanes) is 3. The topological polar surface area (TPSA) is 44.8 Å². The summed E-state index contributed by atoms with van der Waals surface area (Å²) < 4.78 is 16.7. The average molecular weight is 360 g/mol. The molecule has 0 unspecified atom stereocenters. The number of hydrogen-bond donors (Lipinski definition) is 0. The standard InChI is InChI=1S/C20H24O4S/c1-2-3-4-5-12-22-16-8-6-15(7-9-16)19(21)17-10-11-18(25-17)20-23-13-14-24-20/h6-11,20H,2-5,12-14H2,1H3. The number of ketones is 1. The van der Waals surface area contributed by atoms with Gasteiger partial charge < -0.3 is 14.2 Å². The highest BCUT2D eigenvalue weighted by atomic mass is 32.1. The van der Waals surface area contributed by atoms with Crippen LogP contribution in [0.1, 0.15) is 59.0 Å². The van der Waals surface area contributed by atoms with E-state index in [1.165, 1.54) is 30.6 Å². The lowest BCUT2D eigenvalue weighted by Crippen LogP contribution is -2.00. The first-order chi connectivity index (χ1) is 12.3. The van der Waals surface area contributed by atoms with Crippen LogP contribution in [0.3, 0.4) is 0 Å². The van der Waals surface area contributed by atoms with Crippen molar-refractivity contribution in [2.75, 3.05) is 19.8 Å². The molecule has 134 valence electrons. The highest BCUT2D eigenvalue weighted by Gasteiger charge is 2.22. The fraction of sp³-hybridized carbons (Fsp3) is 0.450. The molecule has 4 nitrogen and oxygen atoms in total. The zero-order chi connectivity index (χ0) is 17.5. The fourth-order valence-electron chi connectivity index (χ4n) is 2.69. The molecule has 0 radical (unpaired) electrons. The summed E-state index contributed by atoms with van der Waals surface area (Å²) in [6.07, 6.45) is 4.41. The van der Waals surface area contributed by atoms with Crippen molar-refractivity contribution >= 4 is 17.1 Å². The molecule has 0 N–H and O–H groups in total. The van der Waals surface area contributed by atoms with Gasteiger partial charge in [-0.15, -0.1) is 11.3 Å². The predicted molar refractivity (Wildman–Crippen MR) is 98.5 cm³/mol. The van der Waals surface area contributed by atoms with Crippen molar-refractivity contribution in [1.29, 1.82) is 0 Å². The molecule has 1 aromatic carbocycles. The highest BCUT2D eigenvalue weighted by molar-refractivity contribution is 7.14. The van der Waals surface area contributed by atoms with Gasteiger partial charge in [0, 0.05) is 5.56 Å². The molecule has 5 heteroatoms. The largest absolute Gasteiger partial charge is 0.494 e. The Bertz CT molecular complexity index is 671. The van der Waals surface area contributed by atoms with Gasteiger partial charge in [0.1, 0.15) is 5.75 Å². The molecule has 0 aliphatic carbocycles. The van der Waals surface area contributed by atoms with Crippen LogP contribution in [-0.4, -0.2) is 25.6 Å². The van der Waals surface area contributed by atoms with Crippen LogP contribution in [0.2, 0.25) is 0 Å². The third kappa shape index (κ3) is 4.91. The zero-order valence-electron chi connectivity index (χ0n) is 14.5. The lowest BCUT2D eigenvalue weighted by molar-refractivity contribution is -0.0413. The Hall–Kier alpha value is -1.69. The molecule has 0 amide bonds. The third-order valence-electron chi connectivity index (χ3n) is 4.09. The number of carbonyl (C=O) groups is 1. The zero-order valence-corrected chi connectivity index (χ0v) is 15.3. The monoisotopic (exact) mass is 360 g/mol. The van der Waals surface area contributed by atoms with Crippen molar-refractivity contribution in [3.63, 3.8) is 0 Å². The molecular formula is C20H24O4S. The van der Waals surface area contributed by atoms with E-state index in [4.69, 9.17) is 14.2 Å². The van der Waals surface area contributed by atoms with Crippen LogP contribution < -0.4 is 4.74 Å². The van der Waals surface area contributed by atoms with E-state index in [1.54, 1.807) is 0 Å². The molecule has 0 spiro atoms. The molecular weight excluding hydrogens is 336 g/mol. The summed E-state index contributed by atoms with van der Waals surface area (Å²) in [6, 6.07) is 11.1. The first-order valence-electron chi connectivity index (χ1n) is 8.88. The van der Waals surface area contributed by atoms with Crippen LogP contribution in [0.4, 0.5) is 0 Å². The Morgan fingerprint density at radius 1 is 1.08 bits per heavy atom. The van der Waals surface area contributed by atoms with E-state index < -0.39 is 0 Å². The highest BCUT2D eigenvalue weighted by Crippen LogP contribution is 2.30. The Balaban J connectivity index is 1.55. The summed E-state index contributed by atoms with van der Waals surface area (Å²) in [5.74, 6) is 0.830. The maximum Gasteiger partial charge on any atom is 0.202 e. The number of carbonyl (C=O) groups excluding carboxylic acids is 1. The summed E-state index contributed by atoms with van der Waals surface area (Å²) in [5, 5.41) is 0. The summed E-state index contributed by atoms with van der Waals surface area (Å²) in [7, 11) is 0. The predicted octanol–water partition coefficient (Wildman–Crippen LogP) is 4.98. The summed E-state index contributed by atoms with van der Waals surface area (Å²) in [6.45, 7) is 4.13. The second-order valence-electron chi connectivity index (χ2n) is 6.04. The van der Waals surface area contributed by atoms with Gasteiger partial charge in [-0.3, -0.25) is 4.79 Å². The van der Waals surface area contributed by atoms with Crippen molar-refractivity contribution < 1.29 is 19.0 Å². The van der Waals surface area contributed by atoms with Gasteiger partial charge in [-0.2, -0.15) is 0 Å². The van der Waals surface area contributed by atoms with E-state index in [2.05, 4.69) is 6.92 Å². The lowest BCUT2D eigenvalue weighted by Gasteiger charge is -2.07. The van der Waals surface area contributed by atoms with Gasteiger partial charge in [0.05, 0.1) is 29.6 Å². The van der Waals surface area contributed by atoms with Gasteiger partial charge in [0.25, 0.3) is 0 Å². The molecule has 2 aromatic rings.